The number of aliphatic hydroxyl groups excluding tert-OH is 2. The van der Waals surface area contributed by atoms with Crippen LogP contribution in [0.25, 0.3) is 21.8 Å². The van der Waals surface area contributed by atoms with Crippen LogP contribution in [0.2, 0.25) is 0 Å². The Labute approximate surface area is 788 Å². The van der Waals surface area contributed by atoms with Gasteiger partial charge in [-0.2, -0.15) is 0 Å². The highest BCUT2D eigenvalue weighted by Gasteiger charge is 2.47. The number of likely N-dealkylation sites (N-methyl/N-ethyl adjacent to an activating group) is 3. The number of primary amides is 1. The van der Waals surface area contributed by atoms with E-state index in [1.165, 1.54) is 62.4 Å². The van der Waals surface area contributed by atoms with Gasteiger partial charge in [0.1, 0.15) is 90.5 Å². The predicted octanol–water partition coefficient (Wildman–Crippen LogP) is -2.45. The number of rotatable bonds is 30. The second-order valence-electron chi connectivity index (χ2n) is 34.7. The number of nitrogens with one attached hydrogen (secondary N) is 13. The van der Waals surface area contributed by atoms with Crippen molar-refractivity contribution in [2.45, 2.75) is 246 Å². The van der Waals surface area contributed by atoms with E-state index in [0.717, 1.165) is 21.6 Å². The number of unbranched alkanes of at least 4 members (excludes halogenated alkanes) is 3. The number of thioether (sulfide) groups is 1. The summed E-state index contributed by atoms with van der Waals surface area (Å²) >= 11 is 0.893. The molecule has 0 spiro atoms. The van der Waals surface area contributed by atoms with Crippen LogP contribution in [0.4, 0.5) is 0 Å². The Kier molecular flexibility index (Phi) is 41.6. The van der Waals surface area contributed by atoms with Crippen LogP contribution in [0.1, 0.15) is 146 Å². The summed E-state index contributed by atoms with van der Waals surface area (Å²) in [4.78, 5) is 244. The first-order valence-corrected chi connectivity index (χ1v) is 47.5. The van der Waals surface area contributed by atoms with E-state index in [1.807, 2.05) is 32.0 Å². The number of amides is 15. The zero-order valence-electron chi connectivity index (χ0n) is 77.9. The minimum absolute atomic E-state index is 0.00777. The van der Waals surface area contributed by atoms with Crippen molar-refractivity contribution in [2.24, 2.45) is 28.7 Å². The summed E-state index contributed by atoms with van der Waals surface area (Å²) in [5.41, 5.74) is 33.3. The van der Waals surface area contributed by atoms with Gasteiger partial charge in [-0.3, -0.25) is 77.2 Å². The predicted molar refractivity (Wildman–Crippen MR) is 505 cm³/mol. The molecule has 0 aliphatic carbocycles. The molecule has 135 heavy (non-hydrogen) atoms. The van der Waals surface area contributed by atoms with Gasteiger partial charge >= 0.3 is 0 Å². The summed E-state index contributed by atoms with van der Waals surface area (Å²) in [6.07, 6.45) is 4.42. The minimum Gasteiger partial charge on any atom is -0.497 e. The van der Waals surface area contributed by atoms with E-state index < -0.39 is 204 Å². The highest BCUT2D eigenvalue weighted by atomic mass is 32.2. The molecule has 3 aromatic carbocycles. The summed E-state index contributed by atoms with van der Waals surface area (Å²) in [5, 5.41) is 52.4. The molecule has 9 rings (SSSR count). The molecule has 738 valence electrons. The number of carbonyl (C=O) groups is 15. The molecule has 0 radical (unpaired) electrons. The van der Waals surface area contributed by atoms with Gasteiger partial charge in [0.2, 0.25) is 88.6 Å². The van der Waals surface area contributed by atoms with Crippen LogP contribution in [0, 0.1) is 0 Å². The van der Waals surface area contributed by atoms with Crippen LogP contribution in [-0.2, 0) is 97.6 Å². The van der Waals surface area contributed by atoms with Gasteiger partial charge in [0, 0.05) is 118 Å². The number of H-pyrrole nitrogens is 3. The molecule has 6 aromatic rings. The molecule has 3 saturated heterocycles. The van der Waals surface area contributed by atoms with Gasteiger partial charge in [-0.05, 0) is 145 Å². The van der Waals surface area contributed by atoms with Crippen LogP contribution >= 0.6 is 11.8 Å². The molecule has 3 aromatic heterocycles. The second kappa shape index (κ2) is 52.7. The van der Waals surface area contributed by atoms with E-state index in [-0.39, 0.29) is 135 Å². The third-order valence-corrected chi connectivity index (χ3v) is 26.0. The van der Waals surface area contributed by atoms with E-state index in [0.29, 0.717) is 82.0 Å². The molecular weight excluding hydrogens is 1760 g/mol. The summed E-state index contributed by atoms with van der Waals surface area (Å²) in [6, 6.07) is 1.21. The van der Waals surface area contributed by atoms with Crippen LogP contribution in [0.5, 0.6) is 5.75 Å². The highest BCUT2D eigenvalue weighted by Crippen LogP contribution is 2.28. The average molecular weight is 1900 g/mol. The summed E-state index contributed by atoms with van der Waals surface area (Å²) < 4.78 is 5.38. The molecule has 16 atom stereocenters. The monoisotopic (exact) mass is 1900 g/mol. The Hall–Kier alpha value is -12.1. The number of benzene rings is 3. The van der Waals surface area contributed by atoms with Crippen molar-refractivity contribution in [1.82, 2.24) is 97.6 Å². The Morgan fingerprint density at radius 3 is 1.64 bits per heavy atom. The number of carbonyl (C=O) groups excluding carboxylic acids is 15. The lowest BCUT2D eigenvalue weighted by atomic mass is 9.99. The molecule has 25 N–H and O–H groups in total. The maximum absolute atomic E-state index is 15.8. The number of fused-ring (bicyclic) bond motifs is 4. The number of hydrogen-bond donors (Lipinski definition) is 20. The van der Waals surface area contributed by atoms with E-state index in [4.69, 9.17) is 33.4 Å². The number of ether oxygens (including phenoxy) is 1. The number of aromatic amines is 3. The number of imidazole rings is 1. The summed E-state index contributed by atoms with van der Waals surface area (Å²) in [6.45, 7) is 4.01. The molecule has 42 nitrogen and oxygen atoms in total. The van der Waals surface area contributed by atoms with Crippen LogP contribution in [-0.4, -0.2) is 326 Å². The highest BCUT2D eigenvalue weighted by molar-refractivity contribution is 8.00. The number of aromatic nitrogens is 4. The van der Waals surface area contributed by atoms with Gasteiger partial charge in [0.15, 0.2) is 0 Å². The molecule has 15 amide bonds. The molecular formula is C92H136N24O18S. The largest absolute Gasteiger partial charge is 0.497 e. The maximum atomic E-state index is 15.8. The standard InChI is InChI=1S/C92H136N24O18S/c1-8-10-26-73-85(126)105-64(25-18-36-94)81(122)111-72(80(121)101-48-77(97)118)50-135-51-78(119)103-70(40-54-29-31-59(134-7)32-30-54)88(129)112(4)53(3)79(120)106-67(34-38-96)90(131)115-39-19-28-74(115)86(127)109-69(43-57-47-98-52-102-57)84(125)107-66(24-16-17-35-93)91(132)116-49-58(117)44-76(116)87(128)108-68(41-55-45-99-62-22-14-12-20-60(55)62)83(124)104-65(33-37-95)82(123)110-71(42-56-46-100-63-23-15-13-21-61(56)63)89(130)114(6)75(27-11-9-2)92(133)113(73)5/h12-15,20-23,29-32,45-47,52-53,58,64-76,80,99-101,117,121H,8-11,16-19,24-28,33-44,48-51,93-96H2,1-7H3,(H2,97,118)(H,98,102)(H,103,119)(H,104,124)(H,105,126)(H,106,120)(H,107,125)(H,108,128)(H,109,127)(H,110,123)(H,111,122)/t53-,58+,64?,65-,66-,67-,68-,69-,70-,71-,72-,73-,74-,75-,76-,80?/m0/s1. The molecule has 6 heterocycles. The number of methoxy groups -OCH3 is 1. The van der Waals surface area contributed by atoms with Crippen molar-refractivity contribution in [3.8, 4) is 5.75 Å². The first-order chi connectivity index (χ1) is 64.8. The van der Waals surface area contributed by atoms with Crippen LogP contribution in [0.3, 0.4) is 0 Å². The van der Waals surface area contributed by atoms with E-state index in [2.05, 4.69) is 73.1 Å². The topological polar surface area (TPSA) is 633 Å². The summed E-state index contributed by atoms with van der Waals surface area (Å²) in [7, 11) is 5.60. The average Bonchev–Trinajstić information content (AvgIpc) is 1.46. The zero-order chi connectivity index (χ0) is 98.1. The van der Waals surface area contributed by atoms with Crippen LogP contribution < -0.4 is 86.6 Å². The smallest absolute Gasteiger partial charge is 0.245 e. The lowest BCUT2D eigenvalue weighted by molar-refractivity contribution is -0.149. The maximum Gasteiger partial charge on any atom is 0.245 e. The van der Waals surface area contributed by atoms with E-state index >= 15 is 38.4 Å². The first-order valence-electron chi connectivity index (χ1n) is 46.4. The number of hydrogen-bond acceptors (Lipinski definition) is 25. The molecule has 0 bridgehead atoms. The fourth-order valence-electron chi connectivity index (χ4n) is 17.1. The molecule has 3 aliphatic heterocycles. The SMILES string of the molecule is CCCC[C@H]1C(=O)N(C)[C@@H](CCCC)C(=O)NC(CCCN)C(=O)N[C@H](C(O)NCC(N)=O)CSCC(=O)N[C@@H](Cc2ccc(OC)cc2)C(=O)N(C)[C@@H](C)C(=O)N[C@@H](CCN)C(=O)N2CCC[C@H]2C(=O)N[C@@H](Cc2cnc[nH]2)C(=O)N[C@@H](CCCCN)C(=O)N2C[C@H](O)C[C@H]2C(=O)N[C@@H](Cc2c[nH]c3ccccc23)C(=O)N[C@@H](CCN)C(=O)N[C@@H](Cc2c[nH]c3ccccc23)C(=O)N1C. The minimum atomic E-state index is -1.73. The number of aliphatic hydroxyl groups is 2. The van der Waals surface area contributed by atoms with Crippen molar-refractivity contribution in [2.75, 3.05) is 85.6 Å². The van der Waals surface area contributed by atoms with Crippen LogP contribution in [0.15, 0.2) is 97.7 Å². The van der Waals surface area contributed by atoms with Gasteiger partial charge in [-0.25, -0.2) is 4.98 Å². The van der Waals surface area contributed by atoms with E-state index in [9.17, 15) is 43.8 Å². The quantitative estimate of drug-likeness (QED) is 0.0164. The van der Waals surface area contributed by atoms with Crippen molar-refractivity contribution in [3.05, 3.63) is 120 Å². The number of para-hydroxylation sites is 2. The molecule has 43 heteroatoms. The fraction of sp³-hybridized carbons (Fsp3) is 0.565. The van der Waals surface area contributed by atoms with Crippen molar-refractivity contribution < 1.29 is 86.9 Å². The Morgan fingerprint density at radius 2 is 1.03 bits per heavy atom. The summed E-state index contributed by atoms with van der Waals surface area (Å²) in [5.74, 6) is -12.5. The molecule has 0 saturated carbocycles. The van der Waals surface area contributed by atoms with E-state index in [1.54, 1.807) is 67.0 Å². The lowest BCUT2D eigenvalue weighted by Gasteiger charge is -2.36. The second-order valence-corrected chi connectivity index (χ2v) is 35.8. The zero-order valence-corrected chi connectivity index (χ0v) is 78.7. The number of nitrogens with two attached hydrogens (primary N) is 5. The van der Waals surface area contributed by atoms with Crippen molar-refractivity contribution in [1.29, 1.82) is 0 Å². The Bertz CT molecular complexity index is 5000. The number of nitrogens with zero attached hydrogens (tertiary/aromatic N) is 6. The molecule has 3 aliphatic rings. The van der Waals surface area contributed by atoms with Gasteiger partial charge in [0.05, 0.1) is 37.9 Å². The van der Waals surface area contributed by atoms with Crippen molar-refractivity contribution in [3.63, 3.8) is 0 Å². The third kappa shape index (κ3) is 29.7. The fourth-order valence-corrected chi connectivity index (χ4v) is 18.0. The normalized spacial score (nSPS) is 25.1. The van der Waals surface area contributed by atoms with Gasteiger partial charge in [-0.15, -0.1) is 11.8 Å². The molecule has 2 unspecified atom stereocenters. The van der Waals surface area contributed by atoms with Gasteiger partial charge in [-0.1, -0.05) is 88.1 Å². The molecule has 3 fully saturated rings. The first kappa shape index (κ1) is 107. The Balaban J connectivity index is 1.10. The van der Waals surface area contributed by atoms with Gasteiger partial charge in [0.25, 0.3) is 0 Å². The lowest BCUT2D eigenvalue weighted by Crippen LogP contribution is -2.61. The van der Waals surface area contributed by atoms with Crippen molar-refractivity contribution >= 4 is 122 Å². The van der Waals surface area contributed by atoms with Gasteiger partial charge < -0.3 is 131 Å². The Morgan fingerprint density at radius 1 is 0.519 bits per heavy atom. The third-order valence-electron chi connectivity index (χ3n) is 25.0.